The van der Waals surface area contributed by atoms with Crippen LogP contribution in [0.2, 0.25) is 6.04 Å². The van der Waals surface area contributed by atoms with Crippen molar-refractivity contribution in [3.05, 3.63) is 0 Å². The zero-order valence-corrected chi connectivity index (χ0v) is 6.16. The largest absolute Gasteiger partial charge is 0.0864 e. The van der Waals surface area contributed by atoms with E-state index in [1.54, 1.807) is 0 Å². The van der Waals surface area contributed by atoms with Gasteiger partial charge in [0.15, 0.2) is 0 Å². The Morgan fingerprint density at radius 1 is 1.60 bits per heavy atom. The lowest BCUT2D eigenvalue weighted by molar-refractivity contribution is 1.12. The van der Waals surface area contributed by atoms with Gasteiger partial charge < -0.3 is 0 Å². The summed E-state index contributed by atoms with van der Waals surface area (Å²) in [5, 5.41) is 0. The van der Waals surface area contributed by atoms with Crippen LogP contribution >= 0.6 is 22.6 Å². The first-order valence-corrected chi connectivity index (χ1v) is 3.85. The monoisotopic (exact) mass is 197 g/mol. The van der Waals surface area contributed by atoms with Crippen molar-refractivity contribution < 1.29 is 0 Å². The molecule has 0 saturated carbocycles. The van der Waals surface area contributed by atoms with Gasteiger partial charge in [0.05, 0.1) is 0 Å². The van der Waals surface area contributed by atoms with Gasteiger partial charge in [0.2, 0.25) is 0 Å². The molecule has 0 amide bonds. The Morgan fingerprint density at radius 3 is 2.20 bits per heavy atom. The second-order valence-corrected chi connectivity index (χ2v) is 2.37. The SMILES string of the molecule is [Si]CCCI. The summed E-state index contributed by atoms with van der Waals surface area (Å²) in [6.07, 6.45) is 1.29. The standard InChI is InChI=1S/C3H6ISi/c4-2-1-3-5/h1-3H2. The Balaban J connectivity index is 2.19. The molecule has 0 unspecified atom stereocenters. The molecule has 0 aromatic heterocycles. The van der Waals surface area contributed by atoms with Gasteiger partial charge in [-0.15, -0.1) is 0 Å². The highest BCUT2D eigenvalue weighted by Crippen LogP contribution is 1.88. The average molecular weight is 197 g/mol. The molecule has 0 aromatic rings. The molecule has 0 N–H and O–H groups in total. The Kier molecular flexibility index (Phi) is 5.88. The summed E-state index contributed by atoms with van der Waals surface area (Å²) in [5.74, 6) is 0. The van der Waals surface area contributed by atoms with Crippen molar-refractivity contribution in [3.63, 3.8) is 0 Å². The lowest BCUT2D eigenvalue weighted by atomic mass is 10.6. The first kappa shape index (κ1) is 5.95. The average Bonchev–Trinajstić information content (AvgIpc) is 1.41. The number of halogens is 1. The van der Waals surface area contributed by atoms with Crippen LogP contribution in [0.5, 0.6) is 0 Å². The van der Waals surface area contributed by atoms with Gasteiger partial charge in [0.25, 0.3) is 0 Å². The Labute approximate surface area is 49.9 Å². The zero-order chi connectivity index (χ0) is 4.12. The maximum Gasteiger partial charge on any atom is 0.0222 e. The summed E-state index contributed by atoms with van der Waals surface area (Å²) in [5.41, 5.74) is 0. The van der Waals surface area contributed by atoms with Crippen molar-refractivity contribution in [1.29, 1.82) is 0 Å². The number of hydrogen-bond donors (Lipinski definition) is 0. The third-order valence-electron chi connectivity index (χ3n) is 0.310. The van der Waals surface area contributed by atoms with Gasteiger partial charge in [-0.1, -0.05) is 28.6 Å². The van der Waals surface area contributed by atoms with E-state index in [1.165, 1.54) is 10.8 Å². The summed E-state index contributed by atoms with van der Waals surface area (Å²) in [6, 6.07) is 1.14. The van der Waals surface area contributed by atoms with Crippen LogP contribution in [-0.2, 0) is 0 Å². The summed E-state index contributed by atoms with van der Waals surface area (Å²) in [6.45, 7) is 0. The molecular formula is C3H6ISi. The van der Waals surface area contributed by atoms with E-state index in [2.05, 4.69) is 32.8 Å². The van der Waals surface area contributed by atoms with Crippen LogP contribution in [0, 0.1) is 0 Å². The normalized spacial score (nSPS) is 8.40. The molecule has 0 nitrogen and oxygen atoms in total. The summed E-state index contributed by atoms with van der Waals surface area (Å²) >= 11 is 2.36. The van der Waals surface area contributed by atoms with Crippen molar-refractivity contribution in [3.8, 4) is 0 Å². The molecule has 3 radical (unpaired) electrons. The fourth-order valence-electron chi connectivity index (χ4n) is 0.0668. The molecule has 5 heavy (non-hydrogen) atoms. The fourth-order valence-corrected chi connectivity index (χ4v) is 1.34. The molecule has 29 valence electrons. The molecule has 0 heterocycles. The topological polar surface area (TPSA) is 0 Å². The van der Waals surface area contributed by atoms with Gasteiger partial charge in [-0.3, -0.25) is 0 Å². The molecule has 0 saturated heterocycles. The van der Waals surface area contributed by atoms with Crippen LogP contribution in [0.1, 0.15) is 6.42 Å². The van der Waals surface area contributed by atoms with E-state index in [0.29, 0.717) is 0 Å². The highest BCUT2D eigenvalue weighted by atomic mass is 127. The number of rotatable bonds is 2. The van der Waals surface area contributed by atoms with E-state index in [9.17, 15) is 0 Å². The van der Waals surface area contributed by atoms with E-state index in [4.69, 9.17) is 0 Å². The summed E-state index contributed by atoms with van der Waals surface area (Å²) < 4.78 is 1.27. The predicted molar refractivity (Wildman–Crippen MR) is 34.1 cm³/mol. The lowest BCUT2D eigenvalue weighted by Crippen LogP contribution is -1.67. The molecule has 0 fully saturated rings. The minimum atomic E-state index is 1.14. The Morgan fingerprint density at radius 2 is 2.20 bits per heavy atom. The third-order valence-corrected chi connectivity index (χ3v) is 1.43. The first-order valence-electron chi connectivity index (χ1n) is 1.62. The second-order valence-electron chi connectivity index (χ2n) is 0.793. The van der Waals surface area contributed by atoms with Crippen LogP contribution in [0.15, 0.2) is 0 Å². The molecule has 0 rings (SSSR count). The van der Waals surface area contributed by atoms with Crippen LogP contribution in [0.4, 0.5) is 0 Å². The summed E-state index contributed by atoms with van der Waals surface area (Å²) in [4.78, 5) is 0. The van der Waals surface area contributed by atoms with Crippen LogP contribution < -0.4 is 0 Å². The van der Waals surface area contributed by atoms with E-state index < -0.39 is 0 Å². The van der Waals surface area contributed by atoms with Crippen LogP contribution in [-0.4, -0.2) is 14.7 Å². The second kappa shape index (κ2) is 4.95. The van der Waals surface area contributed by atoms with Crippen molar-refractivity contribution in [2.45, 2.75) is 12.5 Å². The fraction of sp³-hybridized carbons (Fsp3) is 1.00. The molecule has 0 aliphatic rings. The van der Waals surface area contributed by atoms with E-state index >= 15 is 0 Å². The minimum absolute atomic E-state index is 1.14. The lowest BCUT2D eigenvalue weighted by Gasteiger charge is -1.77. The first-order chi connectivity index (χ1) is 2.41. The number of hydrogen-bond acceptors (Lipinski definition) is 0. The van der Waals surface area contributed by atoms with Crippen molar-refractivity contribution in [2.24, 2.45) is 0 Å². The zero-order valence-electron chi connectivity index (χ0n) is 3.00. The number of alkyl halides is 1. The van der Waals surface area contributed by atoms with E-state index in [1.807, 2.05) is 0 Å². The van der Waals surface area contributed by atoms with Gasteiger partial charge in [0.1, 0.15) is 0 Å². The van der Waals surface area contributed by atoms with Gasteiger partial charge in [-0.2, -0.15) is 0 Å². The molecule has 0 aliphatic carbocycles. The summed E-state index contributed by atoms with van der Waals surface area (Å²) in [7, 11) is 3.35. The van der Waals surface area contributed by atoms with Crippen molar-refractivity contribution in [1.82, 2.24) is 0 Å². The van der Waals surface area contributed by atoms with Gasteiger partial charge in [-0.25, -0.2) is 0 Å². The molecule has 0 bridgehead atoms. The third kappa shape index (κ3) is 4.95. The smallest absolute Gasteiger partial charge is 0.0222 e. The van der Waals surface area contributed by atoms with Crippen molar-refractivity contribution in [2.75, 3.05) is 4.43 Å². The molecule has 0 aromatic carbocycles. The van der Waals surface area contributed by atoms with E-state index in [0.717, 1.165) is 6.04 Å². The van der Waals surface area contributed by atoms with E-state index in [-0.39, 0.29) is 0 Å². The van der Waals surface area contributed by atoms with Crippen molar-refractivity contribution >= 4 is 32.8 Å². The molecule has 0 aliphatic heterocycles. The Bertz CT molecular complexity index is 14.4. The quantitative estimate of drug-likeness (QED) is 0.356. The minimum Gasteiger partial charge on any atom is -0.0864 e. The predicted octanol–water partition coefficient (Wildman–Crippen LogP) is 1.40. The maximum atomic E-state index is 3.35. The molecular weight excluding hydrogens is 191 g/mol. The van der Waals surface area contributed by atoms with Gasteiger partial charge in [-0.05, 0) is 10.8 Å². The molecule has 2 heteroatoms. The highest BCUT2D eigenvalue weighted by Gasteiger charge is 1.70. The Hall–Kier alpha value is 0.947. The molecule has 0 atom stereocenters. The van der Waals surface area contributed by atoms with Gasteiger partial charge in [0, 0.05) is 10.2 Å². The van der Waals surface area contributed by atoms with Crippen LogP contribution in [0.3, 0.4) is 0 Å². The maximum absolute atomic E-state index is 3.35. The highest BCUT2D eigenvalue weighted by molar-refractivity contribution is 14.1. The van der Waals surface area contributed by atoms with Gasteiger partial charge >= 0.3 is 0 Å². The van der Waals surface area contributed by atoms with Crippen LogP contribution in [0.25, 0.3) is 0 Å². The molecule has 0 spiro atoms.